The lowest BCUT2D eigenvalue weighted by Crippen LogP contribution is -2.43. The van der Waals surface area contributed by atoms with Gasteiger partial charge in [-0.15, -0.1) is 0 Å². The first-order valence-corrected chi connectivity index (χ1v) is 4.84. The molecule has 0 N–H and O–H groups in total. The van der Waals surface area contributed by atoms with Crippen LogP contribution < -0.4 is 0 Å². The summed E-state index contributed by atoms with van der Waals surface area (Å²) < 4.78 is 12.8. The highest BCUT2D eigenvalue weighted by Crippen LogP contribution is 2.43. The van der Waals surface area contributed by atoms with Crippen LogP contribution in [0.3, 0.4) is 0 Å². The van der Waals surface area contributed by atoms with Crippen LogP contribution in [0.15, 0.2) is 24.3 Å². The summed E-state index contributed by atoms with van der Waals surface area (Å²) in [5.74, 6) is 0. The Labute approximate surface area is 82.9 Å². The average Bonchev–Trinajstić information content (AvgIpc) is 2.12. The minimum absolute atomic E-state index is 0.347. The van der Waals surface area contributed by atoms with Gasteiger partial charge in [0.2, 0.25) is 0 Å². The van der Waals surface area contributed by atoms with Gasteiger partial charge >= 0.3 is 0 Å². The van der Waals surface area contributed by atoms with Gasteiger partial charge in [0.15, 0.2) is 0 Å². The number of hydrogen-bond acceptors (Lipinski definition) is 1. The molecule has 1 nitrogen and oxygen atoms in total. The minimum atomic E-state index is -0.805. The smallest absolute Gasteiger partial charge is 0.130 e. The molecule has 1 aromatic carbocycles. The van der Waals surface area contributed by atoms with Crippen LogP contribution in [-0.2, 0) is 10.2 Å². The maximum absolute atomic E-state index is 12.8. The summed E-state index contributed by atoms with van der Waals surface area (Å²) >= 11 is 0. The predicted molar refractivity (Wildman–Crippen MR) is 53.1 cm³/mol. The molecule has 0 amide bonds. The molecule has 74 valence electrons. The first-order chi connectivity index (χ1) is 6.66. The highest BCUT2D eigenvalue weighted by atomic mass is 19.1. The zero-order chi connectivity index (χ0) is 10.2. The quantitative estimate of drug-likeness (QED) is 0.658. The molecule has 1 aliphatic rings. The Morgan fingerprint density at radius 1 is 1.50 bits per heavy atom. The van der Waals surface area contributed by atoms with Gasteiger partial charge in [0.05, 0.1) is 5.41 Å². The first kappa shape index (κ1) is 9.38. The van der Waals surface area contributed by atoms with E-state index in [1.165, 1.54) is 0 Å². The van der Waals surface area contributed by atoms with Gasteiger partial charge in [0.25, 0.3) is 0 Å². The molecule has 0 aliphatic heterocycles. The van der Waals surface area contributed by atoms with E-state index in [1.54, 1.807) is 0 Å². The van der Waals surface area contributed by atoms with Gasteiger partial charge in [0, 0.05) is 0 Å². The Morgan fingerprint density at radius 2 is 2.21 bits per heavy atom. The normalized spacial score (nSPS) is 30.9. The van der Waals surface area contributed by atoms with E-state index in [0.717, 1.165) is 17.4 Å². The van der Waals surface area contributed by atoms with E-state index < -0.39 is 11.6 Å². The van der Waals surface area contributed by atoms with Crippen LogP contribution in [0.4, 0.5) is 4.39 Å². The van der Waals surface area contributed by atoms with E-state index in [2.05, 4.69) is 0 Å². The molecule has 1 fully saturated rings. The highest BCUT2D eigenvalue weighted by molar-refractivity contribution is 5.71. The van der Waals surface area contributed by atoms with Crippen molar-refractivity contribution in [3.8, 4) is 0 Å². The summed E-state index contributed by atoms with van der Waals surface area (Å²) in [4.78, 5) is 11.0. The monoisotopic (exact) mass is 192 g/mol. The number of alkyl halides is 1. The van der Waals surface area contributed by atoms with Crippen LogP contribution in [0.5, 0.6) is 0 Å². The van der Waals surface area contributed by atoms with E-state index in [0.29, 0.717) is 12.8 Å². The van der Waals surface area contributed by atoms with E-state index in [4.69, 9.17) is 0 Å². The van der Waals surface area contributed by atoms with Crippen molar-refractivity contribution in [3.05, 3.63) is 35.4 Å². The molecule has 0 atom stereocenters. The van der Waals surface area contributed by atoms with Crippen molar-refractivity contribution in [2.24, 2.45) is 0 Å². The van der Waals surface area contributed by atoms with Crippen LogP contribution in [0, 0.1) is 6.92 Å². The van der Waals surface area contributed by atoms with E-state index >= 15 is 0 Å². The molecular formula is C12H13FO. The number of aryl methyl sites for hydroxylation is 1. The fraction of sp³-hybridized carbons (Fsp3) is 0.417. The topological polar surface area (TPSA) is 17.1 Å². The van der Waals surface area contributed by atoms with Crippen LogP contribution >= 0.6 is 0 Å². The number of benzene rings is 1. The average molecular weight is 192 g/mol. The lowest BCUT2D eigenvalue weighted by Gasteiger charge is -2.40. The molecule has 0 heterocycles. The predicted octanol–water partition coefficient (Wildman–Crippen LogP) is 2.56. The number of rotatable bonds is 2. The van der Waals surface area contributed by atoms with Crippen molar-refractivity contribution in [1.29, 1.82) is 0 Å². The molecule has 1 aromatic rings. The standard InChI is InChI=1S/C12H13FO/c1-9-3-2-4-10(5-9)12(8-14)6-11(13)7-12/h2-5,8,11H,6-7H2,1H3. The Balaban J connectivity index is 2.33. The van der Waals surface area contributed by atoms with Crippen molar-refractivity contribution in [3.63, 3.8) is 0 Å². The SMILES string of the molecule is Cc1cccc(C2(C=O)CC(F)C2)c1. The molecule has 2 heteroatoms. The molecule has 0 unspecified atom stereocenters. The Kier molecular flexibility index (Phi) is 2.14. The largest absolute Gasteiger partial charge is 0.302 e. The summed E-state index contributed by atoms with van der Waals surface area (Å²) in [5.41, 5.74) is 1.54. The van der Waals surface area contributed by atoms with Crippen LogP contribution in [0.1, 0.15) is 24.0 Å². The van der Waals surface area contributed by atoms with Crippen LogP contribution in [0.2, 0.25) is 0 Å². The molecule has 1 aliphatic carbocycles. The summed E-state index contributed by atoms with van der Waals surface area (Å²) in [5, 5.41) is 0. The van der Waals surface area contributed by atoms with Gasteiger partial charge in [-0.2, -0.15) is 0 Å². The number of halogens is 1. The first-order valence-electron chi connectivity index (χ1n) is 4.84. The molecule has 2 rings (SSSR count). The molecule has 0 bridgehead atoms. The zero-order valence-corrected chi connectivity index (χ0v) is 8.16. The third-order valence-electron chi connectivity index (χ3n) is 2.99. The zero-order valence-electron chi connectivity index (χ0n) is 8.16. The maximum Gasteiger partial charge on any atom is 0.130 e. The molecule has 1 saturated carbocycles. The third-order valence-corrected chi connectivity index (χ3v) is 2.99. The second-order valence-electron chi connectivity index (χ2n) is 4.15. The van der Waals surface area contributed by atoms with E-state index in [1.807, 2.05) is 31.2 Å². The molecule has 0 radical (unpaired) electrons. The Bertz CT molecular complexity index is 353. The van der Waals surface area contributed by atoms with Crippen molar-refractivity contribution in [2.45, 2.75) is 31.4 Å². The maximum atomic E-state index is 12.8. The number of carbonyl (C=O) groups is 1. The summed E-state index contributed by atoms with van der Waals surface area (Å²) in [6, 6.07) is 7.78. The number of carbonyl (C=O) groups excluding carboxylic acids is 1. The molecule has 0 aromatic heterocycles. The second-order valence-corrected chi connectivity index (χ2v) is 4.15. The van der Waals surface area contributed by atoms with Crippen LogP contribution in [-0.4, -0.2) is 12.5 Å². The Morgan fingerprint density at radius 3 is 2.71 bits per heavy atom. The molecular weight excluding hydrogens is 179 g/mol. The van der Waals surface area contributed by atoms with Crippen molar-refractivity contribution in [1.82, 2.24) is 0 Å². The summed E-state index contributed by atoms with van der Waals surface area (Å²) in [6.07, 6.45) is 0.790. The molecule has 0 saturated heterocycles. The molecule has 0 spiro atoms. The summed E-state index contributed by atoms with van der Waals surface area (Å²) in [7, 11) is 0. The van der Waals surface area contributed by atoms with Crippen molar-refractivity contribution in [2.75, 3.05) is 0 Å². The van der Waals surface area contributed by atoms with Gasteiger partial charge < -0.3 is 4.79 Å². The van der Waals surface area contributed by atoms with Gasteiger partial charge in [-0.05, 0) is 25.3 Å². The van der Waals surface area contributed by atoms with Gasteiger partial charge in [-0.25, -0.2) is 4.39 Å². The number of aldehydes is 1. The fourth-order valence-corrected chi connectivity index (χ4v) is 2.09. The Hall–Kier alpha value is -1.18. The highest BCUT2D eigenvalue weighted by Gasteiger charge is 2.45. The van der Waals surface area contributed by atoms with Crippen LogP contribution in [0.25, 0.3) is 0 Å². The van der Waals surface area contributed by atoms with E-state index in [9.17, 15) is 9.18 Å². The lowest BCUT2D eigenvalue weighted by molar-refractivity contribution is -0.117. The lowest BCUT2D eigenvalue weighted by atomic mass is 9.64. The minimum Gasteiger partial charge on any atom is -0.302 e. The number of hydrogen-bond donors (Lipinski definition) is 0. The summed E-state index contributed by atoms with van der Waals surface area (Å²) in [6.45, 7) is 1.98. The molecule has 14 heavy (non-hydrogen) atoms. The second kappa shape index (κ2) is 3.19. The van der Waals surface area contributed by atoms with Gasteiger partial charge in [-0.3, -0.25) is 0 Å². The van der Waals surface area contributed by atoms with Crippen molar-refractivity contribution < 1.29 is 9.18 Å². The van der Waals surface area contributed by atoms with E-state index in [-0.39, 0.29) is 0 Å². The van der Waals surface area contributed by atoms with Crippen molar-refractivity contribution >= 4 is 6.29 Å². The fourth-order valence-electron chi connectivity index (χ4n) is 2.09. The van der Waals surface area contributed by atoms with Gasteiger partial charge in [0.1, 0.15) is 12.5 Å². The third kappa shape index (κ3) is 1.35. The van der Waals surface area contributed by atoms with Gasteiger partial charge in [-0.1, -0.05) is 29.8 Å².